The van der Waals surface area contributed by atoms with Gasteiger partial charge in [-0.2, -0.15) is 4.98 Å². The number of hydrogen-bond acceptors (Lipinski definition) is 7. The van der Waals surface area contributed by atoms with Crippen LogP contribution in [0.4, 0.5) is 5.82 Å². The molecule has 7 heteroatoms. The number of nitrogens with zero attached hydrogens (tertiary/aromatic N) is 2. The van der Waals surface area contributed by atoms with Gasteiger partial charge in [0, 0.05) is 12.5 Å². The topological polar surface area (TPSA) is 90.4 Å². The zero-order chi connectivity index (χ0) is 18.7. The number of rotatable bonds is 7. The number of carbonyl (C=O) groups excluding carboxylic acids is 1. The number of carbonyl (C=O) groups is 1. The summed E-state index contributed by atoms with van der Waals surface area (Å²) in [5.41, 5.74) is 0.765. The van der Waals surface area contributed by atoms with E-state index in [2.05, 4.69) is 22.2 Å². The Kier molecular flexibility index (Phi) is 5.25. The lowest BCUT2D eigenvalue weighted by Crippen LogP contribution is -2.18. The van der Waals surface area contributed by atoms with Crippen LogP contribution in [0.15, 0.2) is 27.2 Å². The third-order valence-electron chi connectivity index (χ3n) is 4.11. The zero-order valence-corrected chi connectivity index (χ0v) is 15.5. The number of esters is 1. The highest BCUT2D eigenvalue weighted by Gasteiger charge is 2.25. The van der Waals surface area contributed by atoms with Crippen LogP contribution in [-0.4, -0.2) is 28.6 Å². The number of furan rings is 2. The van der Waals surface area contributed by atoms with E-state index in [9.17, 15) is 4.79 Å². The number of aromatic nitrogens is 2. The van der Waals surface area contributed by atoms with Crippen LogP contribution in [0.5, 0.6) is 0 Å². The van der Waals surface area contributed by atoms with E-state index in [4.69, 9.17) is 13.6 Å². The number of hydrogen-bond donors (Lipinski definition) is 1. The number of anilines is 1. The quantitative estimate of drug-likeness (QED) is 0.638. The Morgan fingerprint density at radius 3 is 2.85 bits per heavy atom. The van der Waals surface area contributed by atoms with E-state index >= 15 is 0 Å². The van der Waals surface area contributed by atoms with E-state index in [0.717, 1.165) is 18.6 Å². The van der Waals surface area contributed by atoms with Crippen molar-refractivity contribution >= 4 is 22.9 Å². The van der Waals surface area contributed by atoms with E-state index in [1.165, 1.54) is 0 Å². The molecule has 0 bridgehead atoms. The summed E-state index contributed by atoms with van der Waals surface area (Å²) >= 11 is 0. The van der Waals surface area contributed by atoms with E-state index in [1.54, 1.807) is 27.0 Å². The molecule has 0 aliphatic carbocycles. The van der Waals surface area contributed by atoms with E-state index in [1.807, 2.05) is 12.1 Å². The Bertz CT molecular complexity index is 899. The molecule has 1 atom stereocenters. The molecule has 0 spiro atoms. The van der Waals surface area contributed by atoms with Crippen molar-refractivity contribution in [2.24, 2.45) is 0 Å². The minimum atomic E-state index is -0.428. The predicted octanol–water partition coefficient (Wildman–Crippen LogP) is 4.04. The van der Waals surface area contributed by atoms with Gasteiger partial charge in [0.1, 0.15) is 28.7 Å². The van der Waals surface area contributed by atoms with E-state index in [-0.39, 0.29) is 6.04 Å². The molecule has 0 aliphatic rings. The summed E-state index contributed by atoms with van der Waals surface area (Å²) in [6.45, 7) is 7.64. The zero-order valence-electron chi connectivity index (χ0n) is 15.5. The molecule has 0 aromatic carbocycles. The van der Waals surface area contributed by atoms with Gasteiger partial charge in [-0.3, -0.25) is 0 Å². The summed E-state index contributed by atoms with van der Waals surface area (Å²) in [5.74, 6) is 2.14. The van der Waals surface area contributed by atoms with Gasteiger partial charge < -0.3 is 18.9 Å². The Balaban J connectivity index is 1.89. The fourth-order valence-corrected chi connectivity index (χ4v) is 2.89. The smallest absolute Gasteiger partial charge is 0.342 e. The molecule has 1 N–H and O–H groups in total. The molecule has 7 nitrogen and oxygen atoms in total. The molecule has 1 unspecified atom stereocenters. The largest absolute Gasteiger partial charge is 0.469 e. The molecular formula is C19H23N3O4. The van der Waals surface area contributed by atoms with Gasteiger partial charge in [0.2, 0.25) is 5.71 Å². The van der Waals surface area contributed by atoms with Gasteiger partial charge in [-0.25, -0.2) is 9.78 Å². The third-order valence-corrected chi connectivity index (χ3v) is 4.11. The summed E-state index contributed by atoms with van der Waals surface area (Å²) < 4.78 is 16.2. The van der Waals surface area contributed by atoms with Gasteiger partial charge in [0.25, 0.3) is 0 Å². The predicted molar refractivity (Wildman–Crippen MR) is 97.3 cm³/mol. The number of ether oxygens (including phenoxy) is 1. The van der Waals surface area contributed by atoms with Crippen LogP contribution < -0.4 is 5.32 Å². The summed E-state index contributed by atoms with van der Waals surface area (Å²) in [4.78, 5) is 21.2. The summed E-state index contributed by atoms with van der Waals surface area (Å²) in [7, 11) is 0. The van der Waals surface area contributed by atoms with Crippen molar-refractivity contribution < 1.29 is 18.4 Å². The highest BCUT2D eigenvalue weighted by Crippen LogP contribution is 2.31. The standard InChI is InChI=1S/C19H23N3O4/c1-5-24-19(23)15-12(3)26-18-16(15)17(21-13(4)22-18)20-11(2)8-9-14-7-6-10-25-14/h6-7,10-11H,5,8-9H2,1-4H3,(H,20,21,22). The van der Waals surface area contributed by atoms with Crippen molar-refractivity contribution in [3.8, 4) is 0 Å². The second kappa shape index (κ2) is 7.59. The maximum atomic E-state index is 12.4. The van der Waals surface area contributed by atoms with Crippen LogP contribution in [-0.2, 0) is 11.2 Å². The molecule has 0 saturated heterocycles. The second-order valence-electron chi connectivity index (χ2n) is 6.22. The first kappa shape index (κ1) is 18.0. The van der Waals surface area contributed by atoms with Gasteiger partial charge in [-0.05, 0) is 46.2 Å². The van der Waals surface area contributed by atoms with Crippen LogP contribution in [0.2, 0.25) is 0 Å². The van der Waals surface area contributed by atoms with Gasteiger partial charge in [-0.1, -0.05) is 0 Å². The number of fused-ring (bicyclic) bond motifs is 1. The Hall–Kier alpha value is -2.83. The lowest BCUT2D eigenvalue weighted by molar-refractivity contribution is 0.0526. The molecule has 3 rings (SSSR count). The molecule has 0 aliphatic heterocycles. The van der Waals surface area contributed by atoms with Gasteiger partial charge in [-0.15, -0.1) is 0 Å². The molecule has 3 heterocycles. The highest BCUT2D eigenvalue weighted by atomic mass is 16.5. The first-order chi connectivity index (χ1) is 12.5. The van der Waals surface area contributed by atoms with Crippen LogP contribution in [0.25, 0.3) is 11.1 Å². The third kappa shape index (κ3) is 3.71. The molecule has 3 aromatic heterocycles. The minimum absolute atomic E-state index is 0.114. The molecule has 0 radical (unpaired) electrons. The summed E-state index contributed by atoms with van der Waals surface area (Å²) in [6, 6.07) is 3.95. The monoisotopic (exact) mass is 357 g/mol. The highest BCUT2D eigenvalue weighted by molar-refractivity contribution is 6.07. The lowest BCUT2D eigenvalue weighted by Gasteiger charge is -2.15. The number of nitrogens with one attached hydrogen (secondary N) is 1. The van der Waals surface area contributed by atoms with Crippen molar-refractivity contribution in [3.63, 3.8) is 0 Å². The van der Waals surface area contributed by atoms with Crippen molar-refractivity contribution in [2.75, 3.05) is 11.9 Å². The van der Waals surface area contributed by atoms with Gasteiger partial charge in [0.05, 0.1) is 18.3 Å². The summed E-state index contributed by atoms with van der Waals surface area (Å²) in [6.07, 6.45) is 3.33. The van der Waals surface area contributed by atoms with E-state index in [0.29, 0.717) is 40.7 Å². The molecule has 0 saturated carbocycles. The maximum absolute atomic E-state index is 12.4. The molecule has 0 amide bonds. The second-order valence-corrected chi connectivity index (χ2v) is 6.22. The number of aryl methyl sites for hydroxylation is 3. The first-order valence-electron chi connectivity index (χ1n) is 8.73. The Labute approximate surface area is 151 Å². The van der Waals surface area contributed by atoms with Gasteiger partial charge >= 0.3 is 5.97 Å². The molecule has 138 valence electrons. The van der Waals surface area contributed by atoms with Crippen molar-refractivity contribution in [1.29, 1.82) is 0 Å². The average molecular weight is 357 g/mol. The first-order valence-corrected chi connectivity index (χ1v) is 8.73. The van der Waals surface area contributed by atoms with Crippen LogP contribution >= 0.6 is 0 Å². The van der Waals surface area contributed by atoms with E-state index < -0.39 is 5.97 Å². The van der Waals surface area contributed by atoms with Crippen molar-refractivity contribution in [2.45, 2.75) is 46.6 Å². The van der Waals surface area contributed by atoms with Crippen LogP contribution in [0.1, 0.15) is 48.0 Å². The average Bonchev–Trinajstić information content (AvgIpc) is 3.20. The Morgan fingerprint density at radius 1 is 1.35 bits per heavy atom. The van der Waals surface area contributed by atoms with Crippen LogP contribution in [0.3, 0.4) is 0 Å². The summed E-state index contributed by atoms with van der Waals surface area (Å²) in [5, 5.41) is 3.94. The van der Waals surface area contributed by atoms with Crippen molar-refractivity contribution in [3.05, 3.63) is 41.3 Å². The molecular weight excluding hydrogens is 334 g/mol. The molecule has 0 fully saturated rings. The fourth-order valence-electron chi connectivity index (χ4n) is 2.89. The van der Waals surface area contributed by atoms with Crippen LogP contribution in [0, 0.1) is 13.8 Å². The fraction of sp³-hybridized carbons (Fsp3) is 0.421. The normalized spacial score (nSPS) is 12.3. The van der Waals surface area contributed by atoms with Crippen molar-refractivity contribution in [1.82, 2.24) is 9.97 Å². The molecule has 3 aromatic rings. The minimum Gasteiger partial charge on any atom is -0.469 e. The SMILES string of the molecule is CCOC(=O)c1c(C)oc2nc(C)nc(NC(C)CCc3ccco3)c12. The van der Waals surface area contributed by atoms with Gasteiger partial charge in [0.15, 0.2) is 0 Å². The molecule has 26 heavy (non-hydrogen) atoms. The lowest BCUT2D eigenvalue weighted by atomic mass is 10.1. The Morgan fingerprint density at radius 2 is 2.15 bits per heavy atom. The maximum Gasteiger partial charge on any atom is 0.342 e.